The van der Waals surface area contributed by atoms with Crippen LogP contribution < -0.4 is 0 Å². The molecule has 0 saturated heterocycles. The largest absolute Gasteiger partial charge is 0.508 e. The average molecular weight is 423 g/mol. The summed E-state index contributed by atoms with van der Waals surface area (Å²) in [5.41, 5.74) is 4.64. The molecule has 0 atom stereocenters. The number of benzene rings is 2. The van der Waals surface area contributed by atoms with Crippen LogP contribution in [-0.2, 0) is 24.2 Å². The molecule has 1 heterocycles. The van der Waals surface area contributed by atoms with Gasteiger partial charge in [0.05, 0.1) is 5.52 Å². The molecule has 0 fully saturated rings. The van der Waals surface area contributed by atoms with Gasteiger partial charge in [-0.1, -0.05) is 20.3 Å². The molecule has 31 heavy (non-hydrogen) atoms. The highest BCUT2D eigenvalue weighted by atomic mass is 16.3. The fraction of sp³-hybridized carbons (Fsp3) is 0.462. The van der Waals surface area contributed by atoms with Crippen LogP contribution in [-0.4, -0.2) is 46.8 Å². The van der Waals surface area contributed by atoms with Crippen molar-refractivity contribution in [2.45, 2.75) is 59.4 Å². The average Bonchev–Trinajstić information content (AvgIpc) is 3.21. The Bertz CT molecular complexity index is 1130. The number of ketones is 2. The summed E-state index contributed by atoms with van der Waals surface area (Å²) in [4.78, 5) is 26.1. The first-order valence-corrected chi connectivity index (χ1v) is 11.2. The Hall–Kier alpha value is -2.66. The number of fused-ring (bicyclic) bond motifs is 5. The maximum atomic E-state index is 12.3. The molecule has 5 heteroatoms. The molecular formula is C26H34N2O3. The minimum absolute atomic E-state index is 0.0183. The molecule has 1 N–H and O–H groups in total. The van der Waals surface area contributed by atoms with Crippen molar-refractivity contribution in [1.82, 2.24) is 9.47 Å². The minimum atomic E-state index is 0.0183. The van der Waals surface area contributed by atoms with Gasteiger partial charge in [-0.3, -0.25) is 9.59 Å². The number of aromatic hydroxyl groups is 1. The summed E-state index contributed by atoms with van der Waals surface area (Å²) in [6.45, 7) is 7.58. The molecule has 0 radical (unpaired) electrons. The van der Waals surface area contributed by atoms with Crippen molar-refractivity contribution in [1.29, 1.82) is 0 Å². The second kappa shape index (κ2) is 9.65. The number of carbonyl (C=O) groups excluding carboxylic acids is 2. The van der Waals surface area contributed by atoms with E-state index < -0.39 is 0 Å². The lowest BCUT2D eigenvalue weighted by atomic mass is 10.00. The molecule has 0 saturated carbocycles. The van der Waals surface area contributed by atoms with Gasteiger partial charge in [0.1, 0.15) is 11.5 Å². The lowest BCUT2D eigenvalue weighted by Crippen LogP contribution is -2.15. The molecule has 1 aromatic heterocycles. The summed E-state index contributed by atoms with van der Waals surface area (Å²) in [5.74, 6) is 0.380. The number of rotatable bonds is 6. The third kappa shape index (κ3) is 4.67. The van der Waals surface area contributed by atoms with Crippen molar-refractivity contribution in [2.24, 2.45) is 0 Å². The van der Waals surface area contributed by atoms with Crippen molar-refractivity contribution in [3.63, 3.8) is 0 Å². The highest BCUT2D eigenvalue weighted by Gasteiger charge is 2.25. The predicted molar refractivity (Wildman–Crippen MR) is 127 cm³/mol. The van der Waals surface area contributed by atoms with E-state index >= 15 is 0 Å². The summed E-state index contributed by atoms with van der Waals surface area (Å²) >= 11 is 0. The standard InChI is InChI=1S/C23H26N2O3.C3H8/c1-14(26)11-15-12-18-20(13-22(15)28)25(10-4-9-24(2)3)19-7-5-16-17(23(18)19)6-8-21(16)27;1-3-2/h5,7,12-13,28H,4,6,8-11H2,1-3H3;3H2,1-2H3. The van der Waals surface area contributed by atoms with E-state index in [1.807, 2.05) is 18.2 Å². The van der Waals surface area contributed by atoms with Gasteiger partial charge in [-0.2, -0.15) is 0 Å². The summed E-state index contributed by atoms with van der Waals surface area (Å²) < 4.78 is 2.24. The van der Waals surface area contributed by atoms with Gasteiger partial charge in [0.25, 0.3) is 0 Å². The molecular weight excluding hydrogens is 388 g/mol. The van der Waals surface area contributed by atoms with E-state index in [0.29, 0.717) is 12.0 Å². The first kappa shape index (κ1) is 23.0. The van der Waals surface area contributed by atoms with Gasteiger partial charge in [-0.05, 0) is 64.2 Å². The van der Waals surface area contributed by atoms with Crippen LogP contribution >= 0.6 is 0 Å². The first-order valence-electron chi connectivity index (χ1n) is 11.2. The number of Topliss-reactive ketones (excluding diaryl/α,β-unsaturated/α-hetero) is 2. The second-order valence-electron chi connectivity index (χ2n) is 8.80. The van der Waals surface area contributed by atoms with Gasteiger partial charge in [-0.25, -0.2) is 0 Å². The van der Waals surface area contributed by atoms with Crippen LogP contribution in [0.2, 0.25) is 0 Å². The Labute approximate surface area is 184 Å². The van der Waals surface area contributed by atoms with Gasteiger partial charge < -0.3 is 14.6 Å². The molecule has 0 amide bonds. The van der Waals surface area contributed by atoms with Crippen LogP contribution in [0, 0.1) is 0 Å². The number of phenolic OH excluding ortho intramolecular Hbond substituents is 1. The molecule has 0 spiro atoms. The first-order chi connectivity index (χ1) is 14.8. The van der Waals surface area contributed by atoms with E-state index in [9.17, 15) is 14.7 Å². The van der Waals surface area contributed by atoms with Gasteiger partial charge >= 0.3 is 0 Å². The number of aryl methyl sites for hydroxylation is 2. The zero-order chi connectivity index (χ0) is 22.7. The Morgan fingerprint density at radius 2 is 1.84 bits per heavy atom. The Kier molecular flexibility index (Phi) is 7.16. The number of hydrogen-bond donors (Lipinski definition) is 1. The quantitative estimate of drug-likeness (QED) is 0.598. The fourth-order valence-electron chi connectivity index (χ4n) is 4.43. The topological polar surface area (TPSA) is 62.5 Å². The van der Waals surface area contributed by atoms with Crippen LogP contribution in [0.3, 0.4) is 0 Å². The Morgan fingerprint density at radius 1 is 1.13 bits per heavy atom. The zero-order valence-electron chi connectivity index (χ0n) is 19.4. The minimum Gasteiger partial charge on any atom is -0.508 e. The van der Waals surface area contributed by atoms with Gasteiger partial charge in [-0.15, -0.1) is 0 Å². The molecule has 166 valence electrons. The van der Waals surface area contributed by atoms with Crippen molar-refractivity contribution in [2.75, 3.05) is 20.6 Å². The maximum absolute atomic E-state index is 12.3. The molecule has 4 rings (SSSR count). The van der Waals surface area contributed by atoms with Crippen LogP contribution in [0.1, 0.15) is 61.5 Å². The molecule has 2 aromatic carbocycles. The Morgan fingerprint density at radius 3 is 2.48 bits per heavy atom. The van der Waals surface area contributed by atoms with Gasteiger partial charge in [0.15, 0.2) is 5.78 Å². The van der Waals surface area contributed by atoms with E-state index in [2.05, 4.69) is 37.4 Å². The normalized spacial score (nSPS) is 13.0. The van der Waals surface area contributed by atoms with Gasteiger partial charge in [0, 0.05) is 52.9 Å². The molecule has 0 bridgehead atoms. The third-order valence-corrected chi connectivity index (χ3v) is 5.67. The highest BCUT2D eigenvalue weighted by molar-refractivity contribution is 6.15. The molecule has 1 aliphatic rings. The predicted octanol–water partition coefficient (Wildman–Crippen LogP) is 5.13. The smallest absolute Gasteiger partial charge is 0.163 e. The number of hydrogen-bond acceptors (Lipinski definition) is 4. The fourth-order valence-corrected chi connectivity index (χ4v) is 4.43. The zero-order valence-corrected chi connectivity index (χ0v) is 19.4. The summed E-state index contributed by atoms with van der Waals surface area (Å²) in [6, 6.07) is 7.71. The lowest BCUT2D eigenvalue weighted by Gasteiger charge is -2.12. The maximum Gasteiger partial charge on any atom is 0.163 e. The lowest BCUT2D eigenvalue weighted by molar-refractivity contribution is -0.116. The highest BCUT2D eigenvalue weighted by Crippen LogP contribution is 2.39. The summed E-state index contributed by atoms with van der Waals surface area (Å²) in [7, 11) is 4.12. The van der Waals surface area contributed by atoms with Crippen molar-refractivity contribution in [3.05, 3.63) is 41.0 Å². The third-order valence-electron chi connectivity index (χ3n) is 5.67. The Balaban J connectivity index is 0.000000858. The monoisotopic (exact) mass is 422 g/mol. The van der Waals surface area contributed by atoms with E-state index in [1.165, 1.54) is 13.3 Å². The molecule has 5 nitrogen and oxygen atoms in total. The van der Waals surface area contributed by atoms with E-state index in [0.717, 1.165) is 58.9 Å². The van der Waals surface area contributed by atoms with Crippen molar-refractivity contribution >= 4 is 33.4 Å². The SMILES string of the molecule is CC(=O)Cc1cc2c3c4c(ccc3n(CCCN(C)C)c2cc1O)C(=O)CC4.CCC. The van der Waals surface area contributed by atoms with Crippen molar-refractivity contribution in [3.8, 4) is 5.75 Å². The molecule has 0 unspecified atom stereocenters. The summed E-state index contributed by atoms with van der Waals surface area (Å²) in [6.07, 6.45) is 3.76. The van der Waals surface area contributed by atoms with Crippen LogP contribution in [0.15, 0.2) is 24.3 Å². The summed E-state index contributed by atoms with van der Waals surface area (Å²) in [5, 5.41) is 12.7. The van der Waals surface area contributed by atoms with E-state index in [4.69, 9.17) is 0 Å². The van der Waals surface area contributed by atoms with Crippen LogP contribution in [0.4, 0.5) is 0 Å². The molecule has 3 aromatic rings. The molecule has 1 aliphatic carbocycles. The van der Waals surface area contributed by atoms with Gasteiger partial charge in [0.2, 0.25) is 0 Å². The van der Waals surface area contributed by atoms with E-state index in [-0.39, 0.29) is 23.7 Å². The number of carbonyl (C=O) groups is 2. The molecule has 0 aliphatic heterocycles. The number of aromatic nitrogens is 1. The van der Waals surface area contributed by atoms with Crippen LogP contribution in [0.25, 0.3) is 21.8 Å². The number of nitrogens with zero attached hydrogens (tertiary/aromatic N) is 2. The van der Waals surface area contributed by atoms with Crippen molar-refractivity contribution < 1.29 is 14.7 Å². The number of phenols is 1. The van der Waals surface area contributed by atoms with E-state index in [1.54, 1.807) is 6.07 Å². The van der Waals surface area contributed by atoms with Crippen LogP contribution in [0.5, 0.6) is 5.75 Å². The second-order valence-corrected chi connectivity index (χ2v) is 8.80.